The molecule has 88 valence electrons. The molecule has 0 atom stereocenters. The summed E-state index contributed by atoms with van der Waals surface area (Å²) in [5.74, 6) is 0.219. The number of nitrogens with zero attached hydrogens (tertiary/aromatic N) is 2. The van der Waals surface area contributed by atoms with Crippen LogP contribution in [-0.2, 0) is 4.79 Å². The lowest BCUT2D eigenvalue weighted by molar-refractivity contribution is -0.129. The lowest BCUT2D eigenvalue weighted by Gasteiger charge is -2.17. The molecule has 0 radical (unpaired) electrons. The second-order valence-electron chi connectivity index (χ2n) is 4.31. The van der Waals surface area contributed by atoms with Gasteiger partial charge in [-0.05, 0) is 26.4 Å². The molecule has 1 aliphatic carbocycles. The molecule has 4 heteroatoms. The molecule has 0 unspecified atom stereocenters. The summed E-state index contributed by atoms with van der Waals surface area (Å²) in [6.07, 6.45) is 2.36. The summed E-state index contributed by atoms with van der Waals surface area (Å²) in [6.45, 7) is 5.54. The van der Waals surface area contributed by atoms with Gasteiger partial charge in [-0.1, -0.05) is 6.92 Å². The fourth-order valence-corrected chi connectivity index (χ4v) is 1.41. The molecule has 0 saturated heterocycles. The predicted molar refractivity (Wildman–Crippen MR) is 61.8 cm³/mol. The molecule has 1 amide bonds. The minimum Gasteiger partial charge on any atom is -0.342 e. The Kier molecular flexibility index (Phi) is 5.05. The Morgan fingerprint density at radius 2 is 2.07 bits per heavy atom. The Balaban J connectivity index is 2.01. The molecule has 0 spiro atoms. The van der Waals surface area contributed by atoms with Crippen LogP contribution >= 0.6 is 0 Å². The normalized spacial score (nSPS) is 15.7. The third-order valence-corrected chi connectivity index (χ3v) is 2.97. The van der Waals surface area contributed by atoms with Crippen LogP contribution in [0.3, 0.4) is 0 Å². The number of hydrogen-bond acceptors (Lipinski definition) is 3. The molecule has 0 bridgehead atoms. The van der Waals surface area contributed by atoms with E-state index in [-0.39, 0.29) is 5.91 Å². The number of likely N-dealkylation sites (N-methyl/N-ethyl adjacent to an activating group) is 2. The number of rotatable bonds is 7. The number of hydrogen-bond donors (Lipinski definition) is 1. The molecule has 0 aromatic carbocycles. The van der Waals surface area contributed by atoms with E-state index in [0.29, 0.717) is 12.6 Å². The third-order valence-electron chi connectivity index (χ3n) is 2.97. The van der Waals surface area contributed by atoms with Crippen molar-refractivity contribution in [3.05, 3.63) is 0 Å². The van der Waals surface area contributed by atoms with Crippen molar-refractivity contribution in [1.29, 1.82) is 0 Å². The van der Waals surface area contributed by atoms with Crippen LogP contribution in [0.2, 0.25) is 0 Å². The first kappa shape index (κ1) is 12.5. The Morgan fingerprint density at radius 1 is 1.40 bits per heavy atom. The molecule has 0 heterocycles. The van der Waals surface area contributed by atoms with Crippen molar-refractivity contribution in [3.63, 3.8) is 0 Å². The topological polar surface area (TPSA) is 35.6 Å². The highest BCUT2D eigenvalue weighted by molar-refractivity contribution is 5.78. The quantitative estimate of drug-likeness (QED) is 0.611. The number of amides is 1. The fourth-order valence-electron chi connectivity index (χ4n) is 1.41. The average molecular weight is 213 g/mol. The van der Waals surface area contributed by atoms with Crippen LogP contribution in [0.5, 0.6) is 0 Å². The zero-order chi connectivity index (χ0) is 11.3. The van der Waals surface area contributed by atoms with Crippen molar-refractivity contribution in [2.45, 2.75) is 25.8 Å². The minimum atomic E-state index is 0.219. The van der Waals surface area contributed by atoms with Crippen LogP contribution < -0.4 is 5.32 Å². The van der Waals surface area contributed by atoms with Gasteiger partial charge >= 0.3 is 0 Å². The van der Waals surface area contributed by atoms with Crippen molar-refractivity contribution in [2.24, 2.45) is 0 Å². The maximum atomic E-state index is 11.6. The Labute approximate surface area is 92.6 Å². The molecule has 1 N–H and O–H groups in total. The Morgan fingerprint density at radius 3 is 2.60 bits per heavy atom. The van der Waals surface area contributed by atoms with Crippen molar-refractivity contribution < 1.29 is 4.79 Å². The van der Waals surface area contributed by atoms with Gasteiger partial charge in [0.25, 0.3) is 0 Å². The lowest BCUT2D eigenvalue weighted by Crippen LogP contribution is -2.39. The zero-order valence-electron chi connectivity index (χ0n) is 10.1. The summed E-state index contributed by atoms with van der Waals surface area (Å²) in [5, 5.41) is 3.18. The highest BCUT2D eigenvalue weighted by atomic mass is 16.2. The van der Waals surface area contributed by atoms with Crippen LogP contribution in [0.25, 0.3) is 0 Å². The lowest BCUT2D eigenvalue weighted by atomic mass is 10.4. The van der Waals surface area contributed by atoms with Gasteiger partial charge in [0.1, 0.15) is 0 Å². The van der Waals surface area contributed by atoms with E-state index >= 15 is 0 Å². The SMILES string of the molecule is CCN(C)CCNCC(=O)N(C)C1CC1. The molecule has 1 fully saturated rings. The number of carbonyl (C=O) groups is 1. The van der Waals surface area contributed by atoms with E-state index in [1.165, 1.54) is 12.8 Å². The van der Waals surface area contributed by atoms with E-state index in [4.69, 9.17) is 0 Å². The Hall–Kier alpha value is -0.610. The van der Waals surface area contributed by atoms with Gasteiger partial charge < -0.3 is 15.1 Å². The zero-order valence-corrected chi connectivity index (χ0v) is 10.1. The standard InChI is InChI=1S/C11H23N3O/c1-4-13(2)8-7-12-9-11(15)14(3)10-5-6-10/h10,12H,4-9H2,1-3H3. The predicted octanol–water partition coefficient (Wildman–Crippen LogP) is 0.149. The first-order valence-corrected chi connectivity index (χ1v) is 5.80. The highest BCUT2D eigenvalue weighted by Crippen LogP contribution is 2.24. The van der Waals surface area contributed by atoms with E-state index in [9.17, 15) is 4.79 Å². The molecule has 1 rings (SSSR count). The average Bonchev–Trinajstić information content (AvgIpc) is 3.06. The van der Waals surface area contributed by atoms with Crippen molar-refractivity contribution in [3.8, 4) is 0 Å². The van der Waals surface area contributed by atoms with Crippen LogP contribution in [-0.4, -0.2) is 62.0 Å². The largest absolute Gasteiger partial charge is 0.342 e. The van der Waals surface area contributed by atoms with Gasteiger partial charge in [0.2, 0.25) is 5.91 Å². The molecule has 4 nitrogen and oxygen atoms in total. The minimum absolute atomic E-state index is 0.219. The summed E-state index contributed by atoms with van der Waals surface area (Å²) in [4.78, 5) is 15.7. The molecular weight excluding hydrogens is 190 g/mol. The van der Waals surface area contributed by atoms with E-state index < -0.39 is 0 Å². The summed E-state index contributed by atoms with van der Waals surface area (Å²) in [6, 6.07) is 0.526. The van der Waals surface area contributed by atoms with Crippen molar-refractivity contribution >= 4 is 5.91 Å². The monoisotopic (exact) mass is 213 g/mol. The van der Waals surface area contributed by atoms with Gasteiger partial charge in [0.05, 0.1) is 6.54 Å². The van der Waals surface area contributed by atoms with Crippen LogP contribution in [0, 0.1) is 0 Å². The second-order valence-corrected chi connectivity index (χ2v) is 4.31. The van der Waals surface area contributed by atoms with E-state index in [0.717, 1.165) is 19.6 Å². The first-order valence-electron chi connectivity index (χ1n) is 5.80. The van der Waals surface area contributed by atoms with Crippen LogP contribution in [0.4, 0.5) is 0 Å². The van der Waals surface area contributed by atoms with Gasteiger partial charge in [0.15, 0.2) is 0 Å². The van der Waals surface area contributed by atoms with Gasteiger partial charge in [-0.15, -0.1) is 0 Å². The maximum absolute atomic E-state index is 11.6. The van der Waals surface area contributed by atoms with Crippen molar-refractivity contribution in [1.82, 2.24) is 15.1 Å². The highest BCUT2D eigenvalue weighted by Gasteiger charge is 2.28. The van der Waals surface area contributed by atoms with Crippen LogP contribution in [0.15, 0.2) is 0 Å². The molecule has 0 aromatic rings. The smallest absolute Gasteiger partial charge is 0.236 e. The molecular formula is C11H23N3O. The summed E-state index contributed by atoms with van der Waals surface area (Å²) < 4.78 is 0. The van der Waals surface area contributed by atoms with Gasteiger partial charge in [-0.3, -0.25) is 4.79 Å². The maximum Gasteiger partial charge on any atom is 0.236 e. The number of nitrogens with one attached hydrogen (secondary N) is 1. The first-order chi connectivity index (χ1) is 7.15. The van der Waals surface area contributed by atoms with Crippen LogP contribution in [0.1, 0.15) is 19.8 Å². The fraction of sp³-hybridized carbons (Fsp3) is 0.909. The molecule has 0 aliphatic heterocycles. The van der Waals surface area contributed by atoms with Gasteiger partial charge in [-0.25, -0.2) is 0 Å². The number of carbonyl (C=O) groups excluding carboxylic acids is 1. The van der Waals surface area contributed by atoms with Gasteiger partial charge in [0, 0.05) is 26.2 Å². The summed E-state index contributed by atoms with van der Waals surface area (Å²) in [5.41, 5.74) is 0. The molecule has 1 saturated carbocycles. The van der Waals surface area contributed by atoms with Gasteiger partial charge in [-0.2, -0.15) is 0 Å². The summed E-state index contributed by atoms with van der Waals surface area (Å²) >= 11 is 0. The molecule has 1 aliphatic rings. The summed E-state index contributed by atoms with van der Waals surface area (Å²) in [7, 11) is 3.99. The van der Waals surface area contributed by atoms with E-state index in [2.05, 4.69) is 24.2 Å². The van der Waals surface area contributed by atoms with E-state index in [1.807, 2.05) is 11.9 Å². The Bertz CT molecular complexity index is 204. The third kappa shape index (κ3) is 4.62. The second kappa shape index (κ2) is 6.08. The van der Waals surface area contributed by atoms with Crippen molar-refractivity contribution in [2.75, 3.05) is 40.3 Å². The molecule has 0 aromatic heterocycles. The van der Waals surface area contributed by atoms with E-state index in [1.54, 1.807) is 0 Å². The molecule has 15 heavy (non-hydrogen) atoms.